The monoisotopic (exact) mass is 315 g/mol. The fourth-order valence-electron chi connectivity index (χ4n) is 3.06. The lowest BCUT2D eigenvalue weighted by molar-refractivity contribution is -0.159. The van der Waals surface area contributed by atoms with Crippen molar-refractivity contribution in [2.24, 2.45) is 5.92 Å². The Labute approximate surface area is 133 Å². The Hall–Kier alpha value is -2.63. The first kappa shape index (κ1) is 15.3. The van der Waals surface area contributed by atoms with E-state index in [4.69, 9.17) is 14.0 Å². The van der Waals surface area contributed by atoms with Crippen molar-refractivity contribution in [1.82, 2.24) is 5.16 Å². The fraction of sp³-hybridized carbons (Fsp3) is 0.353. The van der Waals surface area contributed by atoms with Crippen molar-refractivity contribution >= 4 is 11.9 Å². The highest BCUT2D eigenvalue weighted by atomic mass is 16.6. The van der Waals surface area contributed by atoms with Crippen molar-refractivity contribution in [3.63, 3.8) is 0 Å². The minimum Gasteiger partial charge on any atom is -0.469 e. The van der Waals surface area contributed by atoms with Gasteiger partial charge >= 0.3 is 11.9 Å². The lowest BCUT2D eigenvalue weighted by Gasteiger charge is -2.23. The van der Waals surface area contributed by atoms with Crippen LogP contribution in [0, 0.1) is 12.8 Å². The molecule has 23 heavy (non-hydrogen) atoms. The SMILES string of the molecule is COC(=O)C1Cc2ccccc2-c2noc(C)c2C1OC(C)=O. The summed E-state index contributed by atoms with van der Waals surface area (Å²) in [5.74, 6) is -1.03. The van der Waals surface area contributed by atoms with E-state index in [0.717, 1.165) is 11.1 Å². The van der Waals surface area contributed by atoms with Gasteiger partial charge in [0.2, 0.25) is 0 Å². The summed E-state index contributed by atoms with van der Waals surface area (Å²) in [5.41, 5.74) is 3.05. The third-order valence-corrected chi connectivity index (χ3v) is 4.07. The predicted octanol–water partition coefficient (Wildman–Crippen LogP) is 2.60. The standard InChI is InChI=1S/C17H17NO5/c1-9-14-15(18-23-9)12-7-5-4-6-11(12)8-13(17(20)21-3)16(14)22-10(2)19/h4-7,13,16H,8H2,1-3H3. The van der Waals surface area contributed by atoms with E-state index in [1.54, 1.807) is 6.92 Å². The van der Waals surface area contributed by atoms with Gasteiger partial charge in [0, 0.05) is 12.5 Å². The second-order valence-electron chi connectivity index (χ2n) is 5.52. The molecule has 2 unspecified atom stereocenters. The van der Waals surface area contributed by atoms with E-state index in [1.165, 1.54) is 14.0 Å². The van der Waals surface area contributed by atoms with Crippen LogP contribution in [-0.4, -0.2) is 24.2 Å². The number of nitrogens with zero attached hydrogens (tertiary/aromatic N) is 1. The molecular formula is C17H17NO5. The maximum absolute atomic E-state index is 12.3. The predicted molar refractivity (Wildman–Crippen MR) is 80.4 cm³/mol. The highest BCUT2D eigenvalue weighted by molar-refractivity contribution is 5.79. The minimum absolute atomic E-state index is 0.399. The third kappa shape index (κ3) is 2.60. The normalized spacial score (nSPS) is 19.3. The zero-order valence-electron chi connectivity index (χ0n) is 13.2. The minimum atomic E-state index is -0.784. The molecule has 6 heteroatoms. The van der Waals surface area contributed by atoms with Crippen molar-refractivity contribution in [1.29, 1.82) is 0 Å². The fourth-order valence-corrected chi connectivity index (χ4v) is 3.06. The molecule has 0 aliphatic heterocycles. The quantitative estimate of drug-likeness (QED) is 0.793. The van der Waals surface area contributed by atoms with E-state index >= 15 is 0 Å². The molecule has 0 spiro atoms. The number of benzene rings is 1. The van der Waals surface area contributed by atoms with Crippen LogP contribution >= 0.6 is 0 Å². The van der Waals surface area contributed by atoms with Gasteiger partial charge in [0.1, 0.15) is 23.5 Å². The van der Waals surface area contributed by atoms with Gasteiger partial charge in [-0.05, 0) is 18.9 Å². The molecule has 2 atom stereocenters. The molecule has 1 aliphatic rings. The smallest absolute Gasteiger partial charge is 0.313 e. The van der Waals surface area contributed by atoms with Gasteiger partial charge in [0.05, 0.1) is 12.7 Å². The van der Waals surface area contributed by atoms with E-state index < -0.39 is 24.0 Å². The number of fused-ring (bicyclic) bond motifs is 3. The Morgan fingerprint density at radius 1 is 1.30 bits per heavy atom. The second kappa shape index (κ2) is 5.87. The third-order valence-electron chi connectivity index (χ3n) is 4.07. The van der Waals surface area contributed by atoms with Crippen LogP contribution in [0.15, 0.2) is 28.8 Å². The molecule has 0 radical (unpaired) electrons. The first-order valence-corrected chi connectivity index (χ1v) is 7.32. The van der Waals surface area contributed by atoms with Crippen LogP contribution in [0.2, 0.25) is 0 Å². The van der Waals surface area contributed by atoms with Gasteiger partial charge < -0.3 is 14.0 Å². The first-order valence-electron chi connectivity index (χ1n) is 7.32. The number of ether oxygens (including phenoxy) is 2. The first-order chi connectivity index (χ1) is 11.0. The van der Waals surface area contributed by atoms with E-state index in [-0.39, 0.29) is 0 Å². The summed E-state index contributed by atoms with van der Waals surface area (Å²) in [4.78, 5) is 23.9. The number of aryl methyl sites for hydroxylation is 1. The van der Waals surface area contributed by atoms with Gasteiger partial charge in [-0.1, -0.05) is 29.4 Å². The molecule has 1 aromatic carbocycles. The summed E-state index contributed by atoms with van der Waals surface area (Å²) in [5, 5.41) is 4.12. The molecule has 1 aromatic heterocycles. The zero-order valence-corrected chi connectivity index (χ0v) is 13.2. The summed E-state index contributed by atoms with van der Waals surface area (Å²) < 4.78 is 15.7. The van der Waals surface area contributed by atoms with Crippen molar-refractivity contribution in [2.75, 3.05) is 7.11 Å². The summed E-state index contributed by atoms with van der Waals surface area (Å²) in [7, 11) is 1.32. The molecular weight excluding hydrogens is 298 g/mol. The van der Waals surface area contributed by atoms with E-state index in [0.29, 0.717) is 23.4 Å². The number of hydrogen-bond acceptors (Lipinski definition) is 6. The van der Waals surface area contributed by atoms with Gasteiger partial charge in [0.15, 0.2) is 0 Å². The topological polar surface area (TPSA) is 78.6 Å². The number of rotatable bonds is 2. The van der Waals surface area contributed by atoms with Gasteiger partial charge in [-0.2, -0.15) is 0 Å². The highest BCUT2D eigenvalue weighted by Gasteiger charge is 2.41. The maximum Gasteiger partial charge on any atom is 0.313 e. The van der Waals surface area contributed by atoms with Crippen LogP contribution in [0.3, 0.4) is 0 Å². The molecule has 0 bridgehead atoms. The Kier molecular flexibility index (Phi) is 3.90. The summed E-state index contributed by atoms with van der Waals surface area (Å²) in [6.07, 6.45) is -0.384. The van der Waals surface area contributed by atoms with Gasteiger partial charge in [0.25, 0.3) is 0 Å². The average Bonchev–Trinajstić information content (AvgIpc) is 2.85. The van der Waals surface area contributed by atoms with Gasteiger partial charge in [-0.3, -0.25) is 9.59 Å². The molecule has 6 nitrogen and oxygen atoms in total. The molecule has 120 valence electrons. The van der Waals surface area contributed by atoms with Gasteiger partial charge in [-0.15, -0.1) is 0 Å². The van der Waals surface area contributed by atoms with Crippen molar-refractivity contribution in [3.8, 4) is 11.3 Å². The molecule has 1 aliphatic carbocycles. The van der Waals surface area contributed by atoms with Crippen molar-refractivity contribution in [3.05, 3.63) is 41.2 Å². The lowest BCUT2D eigenvalue weighted by atomic mass is 9.92. The number of aromatic nitrogens is 1. The van der Waals surface area contributed by atoms with E-state index in [9.17, 15) is 9.59 Å². The largest absolute Gasteiger partial charge is 0.469 e. The number of hydrogen-bond donors (Lipinski definition) is 0. The number of methoxy groups -OCH3 is 1. The van der Waals surface area contributed by atoms with Crippen LogP contribution < -0.4 is 0 Å². The molecule has 1 heterocycles. The Morgan fingerprint density at radius 3 is 2.74 bits per heavy atom. The van der Waals surface area contributed by atoms with Crippen LogP contribution in [0.4, 0.5) is 0 Å². The maximum atomic E-state index is 12.3. The summed E-state index contributed by atoms with van der Waals surface area (Å²) in [6, 6.07) is 7.63. The van der Waals surface area contributed by atoms with Crippen LogP contribution in [0.25, 0.3) is 11.3 Å². The Balaban J connectivity index is 2.23. The summed E-state index contributed by atoms with van der Waals surface area (Å²) in [6.45, 7) is 3.06. The molecule has 0 fully saturated rings. The van der Waals surface area contributed by atoms with E-state index in [2.05, 4.69) is 5.16 Å². The average molecular weight is 315 g/mol. The van der Waals surface area contributed by atoms with Gasteiger partial charge in [-0.25, -0.2) is 0 Å². The van der Waals surface area contributed by atoms with Crippen LogP contribution in [0.1, 0.15) is 29.9 Å². The zero-order chi connectivity index (χ0) is 16.6. The number of esters is 2. The highest BCUT2D eigenvalue weighted by Crippen LogP contribution is 2.43. The molecule has 0 saturated carbocycles. The molecule has 0 N–H and O–H groups in total. The number of carbonyl (C=O) groups excluding carboxylic acids is 2. The lowest BCUT2D eigenvalue weighted by Crippen LogP contribution is -2.28. The van der Waals surface area contributed by atoms with Crippen LogP contribution in [0.5, 0.6) is 0 Å². The van der Waals surface area contributed by atoms with E-state index in [1.807, 2.05) is 24.3 Å². The molecule has 0 amide bonds. The van der Waals surface area contributed by atoms with Crippen molar-refractivity contribution in [2.45, 2.75) is 26.4 Å². The van der Waals surface area contributed by atoms with Crippen LogP contribution in [-0.2, 0) is 25.5 Å². The number of carbonyl (C=O) groups is 2. The Bertz CT molecular complexity index is 764. The summed E-state index contributed by atoms with van der Waals surface area (Å²) >= 11 is 0. The second-order valence-corrected chi connectivity index (χ2v) is 5.52. The molecule has 3 rings (SSSR count). The Morgan fingerprint density at radius 2 is 2.04 bits per heavy atom. The molecule has 0 saturated heterocycles. The van der Waals surface area contributed by atoms with Crippen molar-refractivity contribution < 1.29 is 23.6 Å². The molecule has 2 aromatic rings.